The van der Waals surface area contributed by atoms with Gasteiger partial charge in [-0.25, -0.2) is 4.79 Å². The van der Waals surface area contributed by atoms with Crippen molar-refractivity contribution in [3.05, 3.63) is 88.4 Å². The molecule has 0 heterocycles. The topological polar surface area (TPSA) is 43.4 Å². The zero-order valence-electron chi connectivity index (χ0n) is 14.1. The molecule has 0 spiro atoms. The molecule has 136 valence electrons. The lowest BCUT2D eigenvalue weighted by Crippen LogP contribution is -2.12. The number of ether oxygens (including phenoxy) is 1. The summed E-state index contributed by atoms with van der Waals surface area (Å²) in [6.45, 7) is 8.59. The molecular weight excluding hydrogens is 395 g/mol. The van der Waals surface area contributed by atoms with Gasteiger partial charge in [0.05, 0.1) is 0 Å². The molecular formula is C20H17Cl3O3. The first-order valence-corrected chi connectivity index (χ1v) is 8.57. The summed E-state index contributed by atoms with van der Waals surface area (Å²) in [6, 6.07) is 13.8. The number of carbonyl (C=O) groups is 2. The average molecular weight is 412 g/mol. The molecule has 0 atom stereocenters. The Labute approximate surface area is 167 Å². The van der Waals surface area contributed by atoms with Gasteiger partial charge in [-0.2, -0.15) is 0 Å². The smallest absolute Gasteiger partial charge is 0.339 e. The molecule has 0 N–H and O–H groups in total. The number of halogens is 3. The Bertz CT molecular complexity index is 725. The predicted molar refractivity (Wildman–Crippen MR) is 107 cm³/mol. The van der Waals surface area contributed by atoms with Crippen LogP contribution in [-0.4, -0.2) is 11.2 Å². The second kappa shape index (κ2) is 10.8. The van der Waals surface area contributed by atoms with Crippen LogP contribution < -0.4 is 4.74 Å². The molecule has 26 heavy (non-hydrogen) atoms. The summed E-state index contributed by atoms with van der Waals surface area (Å²) in [5.41, 5.74) is 1.71. The molecule has 2 aromatic rings. The van der Waals surface area contributed by atoms with Gasteiger partial charge in [-0.1, -0.05) is 48.5 Å². The highest BCUT2D eigenvalue weighted by Crippen LogP contribution is 2.18. The van der Waals surface area contributed by atoms with Crippen molar-refractivity contribution in [3.63, 3.8) is 0 Å². The minimum atomic E-state index is -0.463. The molecule has 0 aromatic heterocycles. The molecule has 2 aromatic carbocycles. The van der Waals surface area contributed by atoms with Crippen LogP contribution in [0.2, 0.25) is 10.0 Å². The van der Waals surface area contributed by atoms with Crippen molar-refractivity contribution in [2.45, 2.75) is 13.3 Å². The van der Waals surface area contributed by atoms with Crippen molar-refractivity contribution in [2.75, 3.05) is 0 Å². The van der Waals surface area contributed by atoms with Crippen molar-refractivity contribution in [3.8, 4) is 5.75 Å². The maximum atomic E-state index is 11.9. The predicted octanol–water partition coefficient (Wildman–Crippen LogP) is 6.03. The largest absolute Gasteiger partial charge is 0.423 e. The van der Waals surface area contributed by atoms with Crippen molar-refractivity contribution in [1.29, 1.82) is 0 Å². The fraction of sp³-hybridized carbons (Fsp3) is 0.100. The number of carbonyl (C=O) groups excluding carboxylic acids is 2. The van der Waals surface area contributed by atoms with E-state index >= 15 is 0 Å². The van der Waals surface area contributed by atoms with E-state index in [2.05, 4.69) is 13.2 Å². The van der Waals surface area contributed by atoms with E-state index in [9.17, 15) is 9.59 Å². The summed E-state index contributed by atoms with van der Waals surface area (Å²) in [7, 11) is 0. The molecule has 0 saturated carbocycles. The second-order valence-corrected chi connectivity index (χ2v) is 6.52. The van der Waals surface area contributed by atoms with Crippen molar-refractivity contribution in [1.82, 2.24) is 0 Å². The van der Waals surface area contributed by atoms with Crippen LogP contribution in [0.15, 0.2) is 72.8 Å². The summed E-state index contributed by atoms with van der Waals surface area (Å²) in [4.78, 5) is 21.7. The minimum absolute atomic E-state index is 0.377. The first kappa shape index (κ1) is 22.0. The number of esters is 1. The standard InChI is InChI=1S/C16H12Cl2O2.C4H5ClO/c1-11(10-12-2-4-13(17)5-3-12)16(19)20-15-8-6-14(18)7-9-15;1-3(2)4(5)6/h2-9H,1,10H2;1H2,2H3. The third-order valence-corrected chi connectivity index (χ3v) is 3.81. The highest BCUT2D eigenvalue weighted by Gasteiger charge is 2.10. The van der Waals surface area contributed by atoms with Gasteiger partial charge in [0, 0.05) is 27.6 Å². The highest BCUT2D eigenvalue weighted by atomic mass is 35.5. The summed E-state index contributed by atoms with van der Waals surface area (Å²) < 4.78 is 5.20. The molecule has 0 saturated heterocycles. The number of hydrogen-bond acceptors (Lipinski definition) is 3. The van der Waals surface area contributed by atoms with Gasteiger partial charge in [0.15, 0.2) is 0 Å². The van der Waals surface area contributed by atoms with Gasteiger partial charge in [-0.3, -0.25) is 4.79 Å². The normalized spacial score (nSPS) is 9.54. The monoisotopic (exact) mass is 410 g/mol. The minimum Gasteiger partial charge on any atom is -0.423 e. The Morgan fingerprint density at radius 1 is 0.923 bits per heavy atom. The summed E-state index contributed by atoms with van der Waals surface area (Å²) in [5, 5.41) is 0.780. The van der Waals surface area contributed by atoms with E-state index in [0.29, 0.717) is 33.4 Å². The maximum absolute atomic E-state index is 11.9. The zero-order chi connectivity index (χ0) is 19.7. The average Bonchev–Trinajstić information content (AvgIpc) is 2.59. The van der Waals surface area contributed by atoms with Crippen LogP contribution in [0.4, 0.5) is 0 Å². The third kappa shape index (κ3) is 8.34. The first-order chi connectivity index (χ1) is 12.2. The van der Waals surface area contributed by atoms with Gasteiger partial charge in [-0.05, 0) is 60.5 Å². The fourth-order valence-corrected chi connectivity index (χ4v) is 1.85. The van der Waals surface area contributed by atoms with Crippen LogP contribution in [-0.2, 0) is 16.0 Å². The number of benzene rings is 2. The molecule has 0 bridgehead atoms. The van der Waals surface area contributed by atoms with Crippen molar-refractivity contribution >= 4 is 46.0 Å². The lowest BCUT2D eigenvalue weighted by atomic mass is 10.1. The van der Waals surface area contributed by atoms with E-state index in [1.807, 2.05) is 12.1 Å². The van der Waals surface area contributed by atoms with E-state index < -0.39 is 11.2 Å². The van der Waals surface area contributed by atoms with Gasteiger partial charge >= 0.3 is 5.97 Å². The zero-order valence-corrected chi connectivity index (χ0v) is 16.4. The Morgan fingerprint density at radius 2 is 1.35 bits per heavy atom. The molecule has 0 aliphatic rings. The summed E-state index contributed by atoms with van der Waals surface area (Å²) in [6.07, 6.45) is 0.420. The Balaban J connectivity index is 0.000000487. The molecule has 0 aliphatic carbocycles. The van der Waals surface area contributed by atoms with Crippen LogP contribution in [0.1, 0.15) is 12.5 Å². The summed E-state index contributed by atoms with van der Waals surface area (Å²) >= 11 is 16.4. The summed E-state index contributed by atoms with van der Waals surface area (Å²) in [5.74, 6) is -0.0149. The van der Waals surface area contributed by atoms with E-state index in [0.717, 1.165) is 5.56 Å². The molecule has 2 rings (SSSR count). The first-order valence-electron chi connectivity index (χ1n) is 7.44. The van der Waals surface area contributed by atoms with Gasteiger partial charge in [0.2, 0.25) is 5.24 Å². The highest BCUT2D eigenvalue weighted by molar-refractivity contribution is 6.67. The lowest BCUT2D eigenvalue weighted by Gasteiger charge is -2.07. The lowest BCUT2D eigenvalue weighted by molar-refractivity contribution is -0.130. The Hall–Kier alpha value is -2.07. The molecule has 6 heteroatoms. The van der Waals surface area contributed by atoms with Crippen LogP contribution in [0.3, 0.4) is 0 Å². The van der Waals surface area contributed by atoms with Gasteiger partial charge in [-0.15, -0.1) is 0 Å². The Morgan fingerprint density at radius 3 is 1.77 bits per heavy atom. The molecule has 0 aliphatic heterocycles. The number of hydrogen-bond donors (Lipinski definition) is 0. The fourth-order valence-electron chi connectivity index (χ4n) is 1.60. The quantitative estimate of drug-likeness (QED) is 0.261. The van der Waals surface area contributed by atoms with Gasteiger partial charge in [0.25, 0.3) is 0 Å². The molecule has 0 amide bonds. The molecule has 3 nitrogen and oxygen atoms in total. The van der Waals surface area contributed by atoms with E-state index in [-0.39, 0.29) is 0 Å². The van der Waals surface area contributed by atoms with Crippen LogP contribution in [0.5, 0.6) is 5.75 Å². The van der Waals surface area contributed by atoms with Crippen molar-refractivity contribution < 1.29 is 14.3 Å². The molecule has 0 radical (unpaired) electrons. The molecule has 0 fully saturated rings. The SMILES string of the molecule is C=C(C)C(=O)Cl.C=C(Cc1ccc(Cl)cc1)C(=O)Oc1ccc(Cl)cc1. The van der Waals surface area contributed by atoms with Crippen LogP contribution in [0, 0.1) is 0 Å². The van der Waals surface area contributed by atoms with Crippen LogP contribution >= 0.6 is 34.8 Å². The van der Waals surface area contributed by atoms with Crippen molar-refractivity contribution in [2.24, 2.45) is 0 Å². The third-order valence-electron chi connectivity index (χ3n) is 2.98. The van der Waals surface area contributed by atoms with E-state index in [1.165, 1.54) is 0 Å². The van der Waals surface area contributed by atoms with Gasteiger partial charge in [0.1, 0.15) is 5.75 Å². The van der Waals surface area contributed by atoms with E-state index in [1.54, 1.807) is 43.3 Å². The Kier molecular flexibility index (Phi) is 9.14. The number of rotatable bonds is 5. The van der Waals surface area contributed by atoms with Gasteiger partial charge < -0.3 is 4.74 Å². The second-order valence-electron chi connectivity index (χ2n) is 5.30. The van der Waals surface area contributed by atoms with Crippen LogP contribution in [0.25, 0.3) is 0 Å². The number of allylic oxidation sites excluding steroid dienone is 1. The maximum Gasteiger partial charge on any atom is 0.339 e. The van der Waals surface area contributed by atoms with E-state index in [4.69, 9.17) is 39.5 Å². The molecule has 0 unspecified atom stereocenters.